The zero-order valence-electron chi connectivity index (χ0n) is 14.7. The lowest BCUT2D eigenvalue weighted by Crippen LogP contribution is -2.43. The van der Waals surface area contributed by atoms with Crippen molar-refractivity contribution in [2.24, 2.45) is 0 Å². The molecule has 6 heteroatoms. The van der Waals surface area contributed by atoms with Gasteiger partial charge >= 0.3 is 0 Å². The molecule has 0 spiro atoms. The minimum absolute atomic E-state index is 0.132. The summed E-state index contributed by atoms with van der Waals surface area (Å²) in [4.78, 5) is 22.9. The van der Waals surface area contributed by atoms with Crippen molar-refractivity contribution in [1.29, 1.82) is 0 Å². The van der Waals surface area contributed by atoms with E-state index in [1.807, 2.05) is 36.1 Å². The number of nitrogens with one attached hydrogen (secondary N) is 1. The molecule has 0 unspecified atom stereocenters. The summed E-state index contributed by atoms with van der Waals surface area (Å²) in [6.07, 6.45) is 5.38. The van der Waals surface area contributed by atoms with Crippen LogP contribution >= 0.6 is 0 Å². The maximum absolute atomic E-state index is 12.1. The lowest BCUT2D eigenvalue weighted by atomic mass is 9.95. The number of likely N-dealkylation sites (N-methyl/N-ethyl adjacent to an activating group) is 1. The molecule has 1 aromatic heterocycles. The van der Waals surface area contributed by atoms with E-state index in [1.165, 1.54) is 0 Å². The van der Waals surface area contributed by atoms with Crippen LogP contribution in [0.4, 0.5) is 0 Å². The molecule has 0 aliphatic carbocycles. The molecule has 1 atom stereocenters. The normalized spacial score (nSPS) is 17.4. The van der Waals surface area contributed by atoms with Gasteiger partial charge in [-0.2, -0.15) is 0 Å². The molecule has 3 rings (SSSR count). The second kappa shape index (κ2) is 8.07. The highest BCUT2D eigenvalue weighted by Crippen LogP contribution is 2.27. The molecule has 2 heterocycles. The fraction of sp³-hybridized carbons (Fsp3) is 0.421. The molecule has 0 saturated carbocycles. The molecule has 0 radical (unpaired) electrons. The van der Waals surface area contributed by atoms with E-state index in [2.05, 4.69) is 15.3 Å². The minimum atomic E-state index is 0.132. The van der Waals surface area contributed by atoms with Crippen LogP contribution in [0.3, 0.4) is 0 Å². The Morgan fingerprint density at radius 2 is 2.28 bits per heavy atom. The Morgan fingerprint density at radius 1 is 1.40 bits per heavy atom. The summed E-state index contributed by atoms with van der Waals surface area (Å²) in [7, 11) is 1.79. The number of benzene rings is 1. The van der Waals surface area contributed by atoms with Crippen LogP contribution in [0, 0.1) is 6.92 Å². The van der Waals surface area contributed by atoms with Gasteiger partial charge in [0, 0.05) is 25.2 Å². The predicted molar refractivity (Wildman–Crippen MR) is 95.8 cm³/mol. The number of amides is 1. The number of hydrogen-bond acceptors (Lipinski definition) is 5. The van der Waals surface area contributed by atoms with Gasteiger partial charge < -0.3 is 15.0 Å². The highest BCUT2D eigenvalue weighted by Gasteiger charge is 2.25. The second-order valence-corrected chi connectivity index (χ2v) is 6.41. The first-order valence-electron chi connectivity index (χ1n) is 8.64. The number of hydrogen-bond donors (Lipinski definition) is 1. The largest absolute Gasteiger partial charge is 0.437 e. The van der Waals surface area contributed by atoms with Crippen molar-refractivity contribution in [3.63, 3.8) is 0 Å². The maximum Gasteiger partial charge on any atom is 0.238 e. The molecule has 1 aliphatic heterocycles. The Kier molecular flexibility index (Phi) is 5.60. The number of aromatic nitrogens is 2. The number of carbonyl (C=O) groups is 1. The van der Waals surface area contributed by atoms with Crippen LogP contribution in [0.2, 0.25) is 0 Å². The van der Waals surface area contributed by atoms with E-state index in [0.717, 1.165) is 36.4 Å². The zero-order valence-corrected chi connectivity index (χ0v) is 14.7. The lowest BCUT2D eigenvalue weighted by molar-refractivity contribution is -0.131. The van der Waals surface area contributed by atoms with E-state index in [9.17, 15) is 4.79 Å². The van der Waals surface area contributed by atoms with Crippen molar-refractivity contribution in [3.05, 3.63) is 47.9 Å². The average molecular weight is 340 g/mol. The molecule has 1 saturated heterocycles. The molecule has 0 bridgehead atoms. The molecule has 132 valence electrons. The number of rotatable bonds is 5. The Balaban J connectivity index is 1.71. The van der Waals surface area contributed by atoms with E-state index in [0.29, 0.717) is 19.0 Å². The molecule has 6 nitrogen and oxygen atoms in total. The lowest BCUT2D eigenvalue weighted by Gasteiger charge is -2.32. The van der Waals surface area contributed by atoms with Crippen LogP contribution in [0.25, 0.3) is 0 Å². The topological polar surface area (TPSA) is 67.4 Å². The number of carbonyl (C=O) groups excluding carboxylic acids is 1. The Morgan fingerprint density at radius 3 is 3.08 bits per heavy atom. The zero-order chi connectivity index (χ0) is 17.6. The van der Waals surface area contributed by atoms with Crippen LogP contribution in [0.1, 0.15) is 30.0 Å². The minimum Gasteiger partial charge on any atom is -0.437 e. The third-order valence-electron chi connectivity index (χ3n) is 4.36. The first-order valence-corrected chi connectivity index (χ1v) is 8.64. The van der Waals surface area contributed by atoms with Gasteiger partial charge in [-0.1, -0.05) is 12.1 Å². The van der Waals surface area contributed by atoms with Gasteiger partial charge in [0.15, 0.2) is 0 Å². The molecular formula is C19H24N4O2. The van der Waals surface area contributed by atoms with Crippen molar-refractivity contribution >= 4 is 5.91 Å². The van der Waals surface area contributed by atoms with Crippen molar-refractivity contribution in [3.8, 4) is 11.6 Å². The first kappa shape index (κ1) is 17.4. The van der Waals surface area contributed by atoms with Crippen LogP contribution in [-0.4, -0.2) is 47.5 Å². The number of ether oxygens (including phenoxy) is 1. The number of piperidine rings is 1. The molecule has 1 aliphatic rings. The second-order valence-electron chi connectivity index (χ2n) is 6.41. The summed E-state index contributed by atoms with van der Waals surface area (Å²) in [5.41, 5.74) is 2.01. The van der Waals surface area contributed by atoms with Crippen molar-refractivity contribution in [2.75, 3.05) is 26.7 Å². The third-order valence-corrected chi connectivity index (χ3v) is 4.36. The van der Waals surface area contributed by atoms with Crippen molar-refractivity contribution in [2.45, 2.75) is 25.7 Å². The molecule has 1 fully saturated rings. The molecule has 25 heavy (non-hydrogen) atoms. The smallest absolute Gasteiger partial charge is 0.238 e. The van der Waals surface area contributed by atoms with E-state index >= 15 is 0 Å². The maximum atomic E-state index is 12.1. The van der Waals surface area contributed by atoms with E-state index in [-0.39, 0.29) is 11.8 Å². The molecule has 1 N–H and O–H groups in total. The van der Waals surface area contributed by atoms with Gasteiger partial charge in [0.25, 0.3) is 0 Å². The van der Waals surface area contributed by atoms with Gasteiger partial charge in [-0.3, -0.25) is 9.78 Å². The molecule has 1 amide bonds. The van der Waals surface area contributed by atoms with Gasteiger partial charge in [-0.05, 0) is 44.5 Å². The third kappa shape index (κ3) is 4.54. The summed E-state index contributed by atoms with van der Waals surface area (Å²) >= 11 is 0. The summed E-state index contributed by atoms with van der Waals surface area (Å²) in [5, 5.41) is 2.92. The number of nitrogens with zero attached hydrogens (tertiary/aromatic N) is 3. The highest BCUT2D eigenvalue weighted by molar-refractivity contribution is 5.78. The standard InChI is InChI=1S/C19H24N4O2/c1-14-5-3-7-16(9-14)25-18-11-21-10-17(22-18)15-6-4-8-23(13-15)19(24)12-20-2/h3,5,7,9-11,15,20H,4,6,8,12-13H2,1-2H3/t15-/m0/s1. The number of aryl methyl sites for hydroxylation is 1. The van der Waals surface area contributed by atoms with Gasteiger partial charge in [-0.25, -0.2) is 4.98 Å². The first-order chi connectivity index (χ1) is 12.2. The van der Waals surface area contributed by atoms with Gasteiger partial charge in [0.1, 0.15) is 5.75 Å². The highest BCUT2D eigenvalue weighted by atomic mass is 16.5. The fourth-order valence-corrected chi connectivity index (χ4v) is 3.12. The predicted octanol–water partition coefficient (Wildman–Crippen LogP) is 2.50. The van der Waals surface area contributed by atoms with Crippen LogP contribution in [0.5, 0.6) is 11.6 Å². The average Bonchev–Trinajstić information content (AvgIpc) is 2.62. The summed E-state index contributed by atoms with van der Waals surface area (Å²) < 4.78 is 5.84. The summed E-state index contributed by atoms with van der Waals surface area (Å²) in [6, 6.07) is 7.84. The Hall–Kier alpha value is -2.47. The van der Waals surface area contributed by atoms with Crippen LogP contribution in [-0.2, 0) is 4.79 Å². The quantitative estimate of drug-likeness (QED) is 0.906. The molecule has 2 aromatic rings. The SMILES string of the molecule is CNCC(=O)N1CCC[C@H](c2cncc(Oc3cccc(C)c3)n2)C1. The van der Waals surface area contributed by atoms with Gasteiger partial charge in [0.2, 0.25) is 11.8 Å². The summed E-state index contributed by atoms with van der Waals surface area (Å²) in [5.74, 6) is 1.57. The van der Waals surface area contributed by atoms with Gasteiger partial charge in [-0.15, -0.1) is 0 Å². The molecular weight excluding hydrogens is 316 g/mol. The fourth-order valence-electron chi connectivity index (χ4n) is 3.12. The van der Waals surface area contributed by atoms with Crippen molar-refractivity contribution in [1.82, 2.24) is 20.2 Å². The monoisotopic (exact) mass is 340 g/mol. The van der Waals surface area contributed by atoms with E-state index < -0.39 is 0 Å². The summed E-state index contributed by atoms with van der Waals surface area (Å²) in [6.45, 7) is 3.88. The Bertz CT molecular complexity index is 735. The molecule has 1 aromatic carbocycles. The van der Waals surface area contributed by atoms with Crippen LogP contribution < -0.4 is 10.1 Å². The van der Waals surface area contributed by atoms with Gasteiger partial charge in [0.05, 0.1) is 18.4 Å². The van der Waals surface area contributed by atoms with Crippen LogP contribution in [0.15, 0.2) is 36.7 Å². The van der Waals surface area contributed by atoms with Crippen molar-refractivity contribution < 1.29 is 9.53 Å². The van der Waals surface area contributed by atoms with E-state index in [4.69, 9.17) is 4.74 Å². The number of likely N-dealkylation sites (tertiary alicyclic amines) is 1. The van der Waals surface area contributed by atoms with E-state index in [1.54, 1.807) is 19.4 Å². The Labute approximate surface area is 148 Å².